The average molecular weight is 301 g/mol. The summed E-state index contributed by atoms with van der Waals surface area (Å²) in [6.07, 6.45) is 3.63. The number of thiophene rings is 1. The minimum absolute atomic E-state index is 0.0604. The molecule has 0 aliphatic heterocycles. The summed E-state index contributed by atoms with van der Waals surface area (Å²) in [7, 11) is 0. The van der Waals surface area contributed by atoms with Crippen molar-refractivity contribution < 1.29 is 13.6 Å². The highest BCUT2D eigenvalue weighted by Gasteiger charge is 2.17. The van der Waals surface area contributed by atoms with Crippen LogP contribution in [0.15, 0.2) is 63.1 Å². The van der Waals surface area contributed by atoms with Gasteiger partial charge in [0.2, 0.25) is 5.91 Å². The molecule has 0 radical (unpaired) electrons. The monoisotopic (exact) mass is 301 g/mol. The van der Waals surface area contributed by atoms with Crippen molar-refractivity contribution in [2.75, 3.05) is 0 Å². The Morgan fingerprint density at radius 2 is 1.67 bits per heavy atom. The maximum Gasteiger partial charge on any atom is 0.228 e. The summed E-state index contributed by atoms with van der Waals surface area (Å²) < 4.78 is 10.7. The third-order valence-corrected chi connectivity index (χ3v) is 3.99. The molecule has 108 valence electrons. The lowest BCUT2D eigenvalue weighted by atomic mass is 10.2. The molecule has 5 heteroatoms. The van der Waals surface area contributed by atoms with Crippen molar-refractivity contribution in [3.63, 3.8) is 0 Å². The van der Waals surface area contributed by atoms with Gasteiger partial charge in [0.15, 0.2) is 0 Å². The van der Waals surface area contributed by atoms with Crippen molar-refractivity contribution in [1.29, 1.82) is 0 Å². The Balaban J connectivity index is 1.72. The predicted octanol–water partition coefficient (Wildman–Crippen LogP) is 3.71. The fourth-order valence-corrected chi connectivity index (χ4v) is 2.78. The molecule has 1 amide bonds. The summed E-state index contributed by atoms with van der Waals surface area (Å²) in [6, 6.07) is 11.3. The van der Waals surface area contributed by atoms with Gasteiger partial charge in [0.25, 0.3) is 0 Å². The predicted molar refractivity (Wildman–Crippen MR) is 79.7 cm³/mol. The van der Waals surface area contributed by atoms with Crippen LogP contribution >= 0.6 is 11.3 Å². The second kappa shape index (κ2) is 6.45. The van der Waals surface area contributed by atoms with Gasteiger partial charge in [0, 0.05) is 4.88 Å². The lowest BCUT2D eigenvalue weighted by Crippen LogP contribution is -2.31. The van der Waals surface area contributed by atoms with E-state index in [0.717, 1.165) is 16.4 Å². The summed E-state index contributed by atoms with van der Waals surface area (Å²) in [5.41, 5.74) is 0. The molecule has 0 fully saturated rings. The second-order valence-corrected chi connectivity index (χ2v) is 5.70. The molecule has 3 aromatic heterocycles. The van der Waals surface area contributed by atoms with Crippen LogP contribution in [0.3, 0.4) is 0 Å². The summed E-state index contributed by atoms with van der Waals surface area (Å²) in [5.74, 6) is 1.59. The van der Waals surface area contributed by atoms with E-state index in [-0.39, 0.29) is 5.91 Å². The standard InChI is InChI=1S/C16H15NO3S/c18-16(10-15-6-3-9-21-15)17(11-13-4-1-7-19-13)12-14-5-2-8-20-14/h1-9H,10-12H2. The van der Waals surface area contributed by atoms with Crippen LogP contribution in [0.5, 0.6) is 0 Å². The van der Waals surface area contributed by atoms with E-state index in [4.69, 9.17) is 8.83 Å². The van der Waals surface area contributed by atoms with Crippen LogP contribution in [0, 0.1) is 0 Å². The van der Waals surface area contributed by atoms with E-state index in [1.54, 1.807) is 28.8 Å². The van der Waals surface area contributed by atoms with Gasteiger partial charge in [-0.3, -0.25) is 4.79 Å². The van der Waals surface area contributed by atoms with Gasteiger partial charge < -0.3 is 13.7 Å². The van der Waals surface area contributed by atoms with Crippen LogP contribution in [0.25, 0.3) is 0 Å². The van der Waals surface area contributed by atoms with Gasteiger partial charge in [-0.1, -0.05) is 6.07 Å². The Morgan fingerprint density at radius 1 is 1.00 bits per heavy atom. The summed E-state index contributed by atoms with van der Waals surface area (Å²) in [6.45, 7) is 0.885. The number of hydrogen-bond donors (Lipinski definition) is 0. The van der Waals surface area contributed by atoms with Gasteiger partial charge in [0.05, 0.1) is 32.0 Å². The number of amides is 1. The first-order valence-electron chi connectivity index (χ1n) is 6.66. The first kappa shape index (κ1) is 13.7. The van der Waals surface area contributed by atoms with Gasteiger partial charge in [-0.05, 0) is 35.7 Å². The highest BCUT2D eigenvalue weighted by Crippen LogP contribution is 2.15. The molecule has 21 heavy (non-hydrogen) atoms. The van der Waals surface area contributed by atoms with E-state index in [0.29, 0.717) is 19.5 Å². The highest BCUT2D eigenvalue weighted by molar-refractivity contribution is 7.10. The number of rotatable bonds is 6. The number of carbonyl (C=O) groups is 1. The lowest BCUT2D eigenvalue weighted by Gasteiger charge is -2.20. The molecule has 0 atom stereocenters. The molecule has 4 nitrogen and oxygen atoms in total. The summed E-state index contributed by atoms with van der Waals surface area (Å²) in [5, 5.41) is 1.98. The van der Waals surface area contributed by atoms with Gasteiger partial charge in [-0.2, -0.15) is 0 Å². The molecule has 0 aliphatic rings. The molecule has 3 aromatic rings. The molecule has 0 bridgehead atoms. The van der Waals surface area contributed by atoms with Crippen molar-refractivity contribution in [2.45, 2.75) is 19.5 Å². The third-order valence-electron chi connectivity index (χ3n) is 3.11. The Morgan fingerprint density at radius 3 is 2.14 bits per heavy atom. The topological polar surface area (TPSA) is 46.6 Å². The van der Waals surface area contributed by atoms with Gasteiger partial charge >= 0.3 is 0 Å². The first-order valence-corrected chi connectivity index (χ1v) is 7.54. The minimum Gasteiger partial charge on any atom is -0.467 e. The van der Waals surface area contributed by atoms with E-state index < -0.39 is 0 Å². The molecule has 0 N–H and O–H groups in total. The first-order chi connectivity index (χ1) is 10.3. The Labute approximate surface area is 126 Å². The molecule has 0 aromatic carbocycles. The van der Waals surface area contributed by atoms with Crippen LogP contribution in [-0.4, -0.2) is 10.8 Å². The molecule has 3 rings (SSSR count). The van der Waals surface area contributed by atoms with Crippen LogP contribution in [0.4, 0.5) is 0 Å². The third kappa shape index (κ3) is 3.64. The minimum atomic E-state index is 0.0604. The van der Waals surface area contributed by atoms with Gasteiger partial charge in [-0.25, -0.2) is 0 Å². The zero-order chi connectivity index (χ0) is 14.5. The number of hydrogen-bond acceptors (Lipinski definition) is 4. The quantitative estimate of drug-likeness (QED) is 0.697. The molecule has 0 unspecified atom stereocenters. The van der Waals surface area contributed by atoms with Gasteiger partial charge in [0.1, 0.15) is 11.5 Å². The summed E-state index contributed by atoms with van der Waals surface area (Å²) in [4.78, 5) is 15.3. The van der Waals surface area contributed by atoms with Crippen LogP contribution in [-0.2, 0) is 24.3 Å². The maximum absolute atomic E-state index is 12.5. The molecule has 0 saturated heterocycles. The molecular weight excluding hydrogens is 286 g/mol. The highest BCUT2D eigenvalue weighted by atomic mass is 32.1. The van der Waals surface area contributed by atoms with Crippen molar-refractivity contribution >= 4 is 17.2 Å². The summed E-state index contributed by atoms with van der Waals surface area (Å²) >= 11 is 1.59. The Hall–Kier alpha value is -2.27. The van der Waals surface area contributed by atoms with Crippen LogP contribution in [0.1, 0.15) is 16.4 Å². The number of nitrogens with zero attached hydrogens (tertiary/aromatic N) is 1. The van der Waals surface area contributed by atoms with E-state index in [1.807, 2.05) is 41.8 Å². The van der Waals surface area contributed by atoms with Crippen molar-refractivity contribution in [1.82, 2.24) is 4.90 Å². The molecule has 0 aliphatic carbocycles. The van der Waals surface area contributed by atoms with E-state index in [9.17, 15) is 4.79 Å². The Kier molecular flexibility index (Phi) is 4.21. The average Bonchev–Trinajstić information content (AvgIpc) is 3.21. The lowest BCUT2D eigenvalue weighted by molar-refractivity contribution is -0.132. The smallest absolute Gasteiger partial charge is 0.228 e. The van der Waals surface area contributed by atoms with Gasteiger partial charge in [-0.15, -0.1) is 11.3 Å². The maximum atomic E-state index is 12.5. The Bertz CT molecular complexity index is 620. The number of carbonyl (C=O) groups excluding carboxylic acids is 1. The zero-order valence-electron chi connectivity index (χ0n) is 11.4. The fraction of sp³-hybridized carbons (Fsp3) is 0.188. The number of furan rings is 2. The fourth-order valence-electron chi connectivity index (χ4n) is 2.09. The van der Waals surface area contributed by atoms with Crippen molar-refractivity contribution in [3.8, 4) is 0 Å². The molecule has 0 saturated carbocycles. The normalized spacial score (nSPS) is 10.7. The van der Waals surface area contributed by atoms with Crippen molar-refractivity contribution in [2.24, 2.45) is 0 Å². The molecular formula is C16H15NO3S. The van der Waals surface area contributed by atoms with E-state index in [1.165, 1.54) is 0 Å². The van der Waals surface area contributed by atoms with Crippen LogP contribution in [0.2, 0.25) is 0 Å². The van der Waals surface area contributed by atoms with E-state index in [2.05, 4.69) is 0 Å². The zero-order valence-corrected chi connectivity index (χ0v) is 12.2. The SMILES string of the molecule is O=C(Cc1cccs1)N(Cc1ccco1)Cc1ccco1. The van der Waals surface area contributed by atoms with E-state index >= 15 is 0 Å². The molecule has 0 spiro atoms. The largest absolute Gasteiger partial charge is 0.467 e. The molecule has 3 heterocycles. The van der Waals surface area contributed by atoms with Crippen molar-refractivity contribution in [3.05, 3.63) is 70.7 Å². The van der Waals surface area contributed by atoms with Crippen LogP contribution < -0.4 is 0 Å². The second-order valence-electron chi connectivity index (χ2n) is 4.66.